The Bertz CT molecular complexity index is 1020. The highest BCUT2D eigenvalue weighted by Crippen LogP contribution is 2.30. The number of rotatable bonds is 10. The average Bonchev–Trinajstić information content (AvgIpc) is 3.29. The van der Waals surface area contributed by atoms with E-state index in [2.05, 4.69) is 22.9 Å². The summed E-state index contributed by atoms with van der Waals surface area (Å²) in [7, 11) is 1.67. The third-order valence-electron chi connectivity index (χ3n) is 6.34. The number of hydrogen-bond donors (Lipinski definition) is 1. The SMILES string of the molecule is COc1cc(CN2CCC[C@](O)(COc3ccc(C)cc3)CC2)ccc1OCCn1ccnc1. The minimum absolute atomic E-state index is 0.322. The third kappa shape index (κ3) is 6.74. The zero-order valence-electron chi connectivity index (χ0n) is 20.2. The summed E-state index contributed by atoms with van der Waals surface area (Å²) in [6, 6.07) is 14.1. The summed E-state index contributed by atoms with van der Waals surface area (Å²) < 4.78 is 19.4. The summed E-state index contributed by atoms with van der Waals surface area (Å²) in [5.41, 5.74) is 1.56. The lowest BCUT2D eigenvalue weighted by atomic mass is 9.96. The van der Waals surface area contributed by atoms with Crippen molar-refractivity contribution >= 4 is 0 Å². The van der Waals surface area contributed by atoms with E-state index in [9.17, 15) is 5.11 Å². The van der Waals surface area contributed by atoms with E-state index in [1.807, 2.05) is 47.2 Å². The number of nitrogens with zero attached hydrogens (tertiary/aromatic N) is 3. The number of aromatic nitrogens is 2. The van der Waals surface area contributed by atoms with Crippen LogP contribution in [0.15, 0.2) is 61.2 Å². The minimum atomic E-state index is -0.801. The van der Waals surface area contributed by atoms with Crippen LogP contribution in [-0.4, -0.2) is 58.6 Å². The second kappa shape index (κ2) is 11.4. The molecular formula is C27H35N3O4. The quantitative estimate of drug-likeness (QED) is 0.487. The first kappa shape index (κ1) is 24.1. The van der Waals surface area contributed by atoms with Crippen molar-refractivity contribution < 1.29 is 19.3 Å². The zero-order chi connectivity index (χ0) is 23.8. The van der Waals surface area contributed by atoms with Gasteiger partial charge in [0.15, 0.2) is 11.5 Å². The van der Waals surface area contributed by atoms with E-state index in [-0.39, 0.29) is 0 Å². The maximum Gasteiger partial charge on any atom is 0.161 e. The van der Waals surface area contributed by atoms with Crippen LogP contribution < -0.4 is 14.2 Å². The molecule has 1 aliphatic rings. The Kier molecular flexibility index (Phi) is 8.08. The Labute approximate surface area is 201 Å². The molecule has 3 aromatic rings. The molecule has 1 fully saturated rings. The van der Waals surface area contributed by atoms with Crippen molar-refractivity contribution in [2.75, 3.05) is 33.4 Å². The highest BCUT2D eigenvalue weighted by atomic mass is 16.5. The Balaban J connectivity index is 1.28. The van der Waals surface area contributed by atoms with Gasteiger partial charge in [-0.1, -0.05) is 23.8 Å². The van der Waals surface area contributed by atoms with Gasteiger partial charge in [0.25, 0.3) is 0 Å². The van der Waals surface area contributed by atoms with Crippen LogP contribution in [0.1, 0.15) is 30.4 Å². The lowest BCUT2D eigenvalue weighted by Gasteiger charge is -2.27. The second-order valence-corrected chi connectivity index (χ2v) is 9.09. The Morgan fingerprint density at radius 2 is 1.88 bits per heavy atom. The van der Waals surface area contributed by atoms with E-state index in [0.717, 1.165) is 56.3 Å². The molecule has 0 spiro atoms. The van der Waals surface area contributed by atoms with Gasteiger partial charge in [-0.2, -0.15) is 0 Å². The summed E-state index contributed by atoms with van der Waals surface area (Å²) in [6.07, 6.45) is 7.81. The second-order valence-electron chi connectivity index (χ2n) is 9.09. The van der Waals surface area contributed by atoms with E-state index in [0.29, 0.717) is 19.6 Å². The van der Waals surface area contributed by atoms with Crippen LogP contribution in [0, 0.1) is 6.92 Å². The van der Waals surface area contributed by atoms with Crippen molar-refractivity contribution in [1.82, 2.24) is 14.5 Å². The van der Waals surface area contributed by atoms with Gasteiger partial charge < -0.3 is 23.9 Å². The summed E-state index contributed by atoms with van der Waals surface area (Å²) in [4.78, 5) is 6.43. The first-order valence-corrected chi connectivity index (χ1v) is 11.9. The van der Waals surface area contributed by atoms with E-state index in [1.165, 1.54) is 11.1 Å². The smallest absolute Gasteiger partial charge is 0.161 e. The number of benzene rings is 2. The molecule has 2 heterocycles. The highest BCUT2D eigenvalue weighted by molar-refractivity contribution is 5.43. The molecule has 0 aliphatic carbocycles. The van der Waals surface area contributed by atoms with E-state index >= 15 is 0 Å². The van der Waals surface area contributed by atoms with Crippen molar-refractivity contribution in [1.29, 1.82) is 0 Å². The molecule has 0 saturated carbocycles. The van der Waals surface area contributed by atoms with Crippen molar-refractivity contribution in [3.63, 3.8) is 0 Å². The van der Waals surface area contributed by atoms with Gasteiger partial charge in [0, 0.05) is 25.5 Å². The Morgan fingerprint density at radius 1 is 1.03 bits per heavy atom. The fourth-order valence-corrected chi connectivity index (χ4v) is 4.26. The molecule has 0 bridgehead atoms. The van der Waals surface area contributed by atoms with Crippen LogP contribution in [0.5, 0.6) is 17.2 Å². The molecule has 1 N–H and O–H groups in total. The predicted molar refractivity (Wildman–Crippen MR) is 131 cm³/mol. The van der Waals surface area contributed by atoms with Crippen LogP contribution >= 0.6 is 0 Å². The van der Waals surface area contributed by atoms with Crippen LogP contribution in [0.3, 0.4) is 0 Å². The Morgan fingerprint density at radius 3 is 2.65 bits per heavy atom. The molecule has 1 saturated heterocycles. The number of ether oxygens (including phenoxy) is 3. The normalized spacial score (nSPS) is 18.9. The molecule has 2 aromatic carbocycles. The van der Waals surface area contributed by atoms with Crippen LogP contribution in [0.2, 0.25) is 0 Å². The molecular weight excluding hydrogens is 430 g/mol. The lowest BCUT2D eigenvalue weighted by molar-refractivity contribution is -0.0168. The van der Waals surface area contributed by atoms with Crippen LogP contribution in [0.4, 0.5) is 0 Å². The topological polar surface area (TPSA) is 69.0 Å². The van der Waals surface area contributed by atoms with Crippen molar-refractivity contribution in [2.24, 2.45) is 0 Å². The fraction of sp³-hybridized carbons (Fsp3) is 0.444. The maximum absolute atomic E-state index is 11.1. The fourth-order valence-electron chi connectivity index (χ4n) is 4.26. The van der Waals surface area contributed by atoms with Crippen LogP contribution in [-0.2, 0) is 13.1 Å². The van der Waals surface area contributed by atoms with E-state index in [1.54, 1.807) is 19.6 Å². The lowest BCUT2D eigenvalue weighted by Crippen LogP contribution is -2.37. The number of methoxy groups -OCH3 is 1. The standard InChI is InChI=1S/C27H35N3O4/c1-22-4-7-24(8-5-22)34-20-27(31)10-3-13-29(14-11-27)19-23-6-9-25(26(18-23)32-2)33-17-16-30-15-12-28-21-30/h4-9,12,15,18,21,31H,3,10-11,13-14,16-17,19-20H2,1-2H3/t27-/m1/s1. The largest absolute Gasteiger partial charge is 0.493 e. The summed E-state index contributed by atoms with van der Waals surface area (Å²) in [6.45, 7) is 6.22. The zero-order valence-corrected chi connectivity index (χ0v) is 20.2. The molecule has 7 heteroatoms. The van der Waals surface area contributed by atoms with Gasteiger partial charge in [0.05, 0.1) is 25.6 Å². The number of aliphatic hydroxyl groups is 1. The summed E-state index contributed by atoms with van der Waals surface area (Å²) in [5, 5.41) is 11.1. The third-order valence-corrected chi connectivity index (χ3v) is 6.34. The van der Waals surface area contributed by atoms with Crippen molar-refractivity contribution in [2.45, 2.75) is 44.9 Å². The van der Waals surface area contributed by atoms with Gasteiger partial charge in [-0.3, -0.25) is 4.90 Å². The number of likely N-dealkylation sites (tertiary alicyclic amines) is 1. The van der Waals surface area contributed by atoms with Crippen molar-refractivity contribution in [3.8, 4) is 17.2 Å². The molecule has 7 nitrogen and oxygen atoms in total. The van der Waals surface area contributed by atoms with Gasteiger partial charge >= 0.3 is 0 Å². The van der Waals surface area contributed by atoms with E-state index in [4.69, 9.17) is 14.2 Å². The van der Waals surface area contributed by atoms with Gasteiger partial charge in [-0.05, 0) is 62.6 Å². The summed E-state index contributed by atoms with van der Waals surface area (Å²) in [5.74, 6) is 2.28. The maximum atomic E-state index is 11.1. The molecule has 1 atom stereocenters. The molecule has 4 rings (SSSR count). The summed E-state index contributed by atoms with van der Waals surface area (Å²) >= 11 is 0. The predicted octanol–water partition coefficient (Wildman–Crippen LogP) is 4.08. The molecule has 1 aliphatic heterocycles. The molecule has 0 radical (unpaired) electrons. The minimum Gasteiger partial charge on any atom is -0.493 e. The van der Waals surface area contributed by atoms with E-state index < -0.39 is 5.60 Å². The Hall–Kier alpha value is -3.03. The number of imidazole rings is 1. The van der Waals surface area contributed by atoms with Crippen molar-refractivity contribution in [3.05, 3.63) is 72.3 Å². The van der Waals surface area contributed by atoms with Gasteiger partial charge in [0.1, 0.15) is 19.0 Å². The molecule has 34 heavy (non-hydrogen) atoms. The molecule has 182 valence electrons. The van der Waals surface area contributed by atoms with Gasteiger partial charge in [0.2, 0.25) is 0 Å². The molecule has 1 aromatic heterocycles. The first-order chi connectivity index (χ1) is 16.5. The average molecular weight is 466 g/mol. The number of aryl methyl sites for hydroxylation is 1. The van der Waals surface area contributed by atoms with Crippen LogP contribution in [0.25, 0.3) is 0 Å². The molecule has 0 amide bonds. The first-order valence-electron chi connectivity index (χ1n) is 11.9. The monoisotopic (exact) mass is 465 g/mol. The van der Waals surface area contributed by atoms with Gasteiger partial charge in [-0.15, -0.1) is 0 Å². The van der Waals surface area contributed by atoms with Gasteiger partial charge in [-0.25, -0.2) is 4.98 Å². The number of hydrogen-bond acceptors (Lipinski definition) is 6. The highest BCUT2D eigenvalue weighted by Gasteiger charge is 2.31. The molecule has 0 unspecified atom stereocenters.